The molecule has 0 fully saturated rings. The highest BCUT2D eigenvalue weighted by molar-refractivity contribution is 5.95. The molecule has 0 radical (unpaired) electrons. The van der Waals surface area contributed by atoms with Crippen molar-refractivity contribution in [2.45, 2.75) is 32.4 Å². The van der Waals surface area contributed by atoms with Crippen LogP contribution in [0.5, 0.6) is 0 Å². The van der Waals surface area contributed by atoms with E-state index in [0.717, 1.165) is 22.3 Å². The molecule has 8 nitrogen and oxygen atoms in total. The lowest BCUT2D eigenvalue weighted by Gasteiger charge is -2.24. The average Bonchev–Trinajstić information content (AvgIpc) is 3.02. The van der Waals surface area contributed by atoms with Crippen LogP contribution in [0.2, 0.25) is 0 Å². The van der Waals surface area contributed by atoms with Gasteiger partial charge in [0.2, 0.25) is 5.91 Å². The number of carboxylic acid groups (broad SMARTS) is 1. The summed E-state index contributed by atoms with van der Waals surface area (Å²) in [7, 11) is 0. The van der Waals surface area contributed by atoms with Crippen LogP contribution in [0.25, 0.3) is 0 Å². The van der Waals surface area contributed by atoms with E-state index in [1.54, 1.807) is 41.3 Å². The summed E-state index contributed by atoms with van der Waals surface area (Å²) in [4.78, 5) is 39.4. The highest BCUT2D eigenvalue weighted by Gasteiger charge is 2.31. The molecule has 1 aliphatic rings. The Morgan fingerprint density at radius 1 is 0.973 bits per heavy atom. The van der Waals surface area contributed by atoms with Crippen molar-refractivity contribution in [1.29, 1.82) is 5.41 Å². The number of hydrogen-bond acceptors (Lipinski definition) is 4. The summed E-state index contributed by atoms with van der Waals surface area (Å²) in [5.74, 6) is -2.15. The Labute approximate surface area is 215 Å². The largest absolute Gasteiger partial charge is 0.481 e. The third-order valence-electron chi connectivity index (χ3n) is 6.61. The van der Waals surface area contributed by atoms with Crippen LogP contribution in [0.4, 0.5) is 0 Å². The number of carbonyl (C=O) groups is 3. The summed E-state index contributed by atoms with van der Waals surface area (Å²) in [5.41, 5.74) is 10.3. The molecule has 3 aromatic rings. The van der Waals surface area contributed by atoms with E-state index in [-0.39, 0.29) is 30.5 Å². The first-order valence-electron chi connectivity index (χ1n) is 12.2. The molecule has 1 atom stereocenters. The van der Waals surface area contributed by atoms with Gasteiger partial charge < -0.3 is 21.1 Å². The molecule has 5 N–H and O–H groups in total. The number of rotatable bonds is 9. The van der Waals surface area contributed by atoms with Crippen LogP contribution in [0, 0.1) is 11.3 Å². The second-order valence-electron chi connectivity index (χ2n) is 9.27. The number of aliphatic carboxylic acids is 1. The number of carboxylic acids is 1. The minimum atomic E-state index is -1.02. The van der Waals surface area contributed by atoms with Crippen molar-refractivity contribution < 1.29 is 19.5 Å². The quantitative estimate of drug-likeness (QED) is 0.265. The van der Waals surface area contributed by atoms with Crippen LogP contribution in [0.1, 0.15) is 44.6 Å². The Morgan fingerprint density at radius 2 is 1.68 bits per heavy atom. The first-order chi connectivity index (χ1) is 17.8. The lowest BCUT2D eigenvalue weighted by Crippen LogP contribution is -2.37. The Kier molecular flexibility index (Phi) is 7.98. The van der Waals surface area contributed by atoms with Crippen LogP contribution in [-0.2, 0) is 35.5 Å². The van der Waals surface area contributed by atoms with Crippen molar-refractivity contribution in [3.63, 3.8) is 0 Å². The van der Waals surface area contributed by atoms with Crippen LogP contribution in [0.3, 0.4) is 0 Å². The van der Waals surface area contributed by atoms with Crippen LogP contribution in [-0.4, -0.2) is 40.2 Å². The van der Waals surface area contributed by atoms with E-state index in [0.29, 0.717) is 37.2 Å². The van der Waals surface area contributed by atoms with Gasteiger partial charge in [-0.05, 0) is 47.2 Å². The van der Waals surface area contributed by atoms with E-state index in [4.69, 9.17) is 11.1 Å². The summed E-state index contributed by atoms with van der Waals surface area (Å²) < 4.78 is 0. The number of amides is 2. The second-order valence-corrected chi connectivity index (χ2v) is 9.27. The van der Waals surface area contributed by atoms with Crippen molar-refractivity contribution >= 4 is 23.6 Å². The SMILES string of the molecule is N=C(N)c1ccc(CNC(=O)c2ccc3c(c2)CC(CC(=O)O)C(=O)N(CCc2ccccc2)C3)cc1. The maximum Gasteiger partial charge on any atom is 0.304 e. The summed E-state index contributed by atoms with van der Waals surface area (Å²) in [6.07, 6.45) is 0.693. The van der Waals surface area contributed by atoms with Gasteiger partial charge in [-0.1, -0.05) is 60.7 Å². The van der Waals surface area contributed by atoms with Gasteiger partial charge in [0.25, 0.3) is 5.91 Å². The van der Waals surface area contributed by atoms with E-state index < -0.39 is 11.9 Å². The third kappa shape index (κ3) is 6.61. The minimum absolute atomic E-state index is 0.0149. The zero-order valence-electron chi connectivity index (χ0n) is 20.4. The Balaban J connectivity index is 1.49. The Hall–Kier alpha value is -4.46. The van der Waals surface area contributed by atoms with Crippen molar-refractivity contribution in [3.8, 4) is 0 Å². The molecule has 1 unspecified atom stereocenters. The van der Waals surface area contributed by atoms with E-state index in [9.17, 15) is 19.5 Å². The third-order valence-corrected chi connectivity index (χ3v) is 6.61. The predicted molar refractivity (Wildman–Crippen MR) is 140 cm³/mol. The van der Waals surface area contributed by atoms with Gasteiger partial charge in [-0.2, -0.15) is 0 Å². The van der Waals surface area contributed by atoms with Gasteiger partial charge in [-0.15, -0.1) is 0 Å². The van der Waals surface area contributed by atoms with E-state index in [1.807, 2.05) is 36.4 Å². The molecule has 0 saturated heterocycles. The number of nitrogens with one attached hydrogen (secondary N) is 2. The molecule has 0 spiro atoms. The number of nitrogens with two attached hydrogens (primary N) is 1. The summed E-state index contributed by atoms with van der Waals surface area (Å²) in [5, 5.41) is 19.8. The standard InChI is InChI=1S/C29H30N4O4/c30-27(31)21-8-6-20(7-9-21)17-32-28(36)22-10-11-23-18-33(13-12-19-4-2-1-3-5-19)29(37)25(16-26(34)35)15-24(23)14-22/h1-11,14,25H,12-13,15-18H2,(H3,30,31)(H,32,36)(H,34,35). The number of fused-ring (bicyclic) bond motifs is 1. The first-order valence-corrected chi connectivity index (χ1v) is 12.2. The van der Waals surface area contributed by atoms with Gasteiger partial charge in [-0.25, -0.2) is 0 Å². The van der Waals surface area contributed by atoms with Crippen molar-refractivity contribution in [1.82, 2.24) is 10.2 Å². The zero-order chi connectivity index (χ0) is 26.4. The lowest BCUT2D eigenvalue weighted by atomic mass is 9.93. The van der Waals surface area contributed by atoms with E-state index >= 15 is 0 Å². The molecule has 0 aromatic heterocycles. The fraction of sp³-hybridized carbons (Fsp3) is 0.241. The Morgan fingerprint density at radius 3 is 2.35 bits per heavy atom. The predicted octanol–water partition coefficient (Wildman–Crippen LogP) is 3.12. The summed E-state index contributed by atoms with van der Waals surface area (Å²) >= 11 is 0. The van der Waals surface area contributed by atoms with E-state index in [2.05, 4.69) is 5.32 Å². The first kappa shape index (κ1) is 25.6. The fourth-order valence-electron chi connectivity index (χ4n) is 4.56. The smallest absolute Gasteiger partial charge is 0.304 e. The zero-order valence-corrected chi connectivity index (χ0v) is 20.4. The molecule has 0 bridgehead atoms. The van der Waals surface area contributed by atoms with Gasteiger partial charge in [0.1, 0.15) is 5.84 Å². The minimum Gasteiger partial charge on any atom is -0.481 e. The van der Waals surface area contributed by atoms with Gasteiger partial charge in [0, 0.05) is 30.8 Å². The lowest BCUT2D eigenvalue weighted by molar-refractivity contribution is -0.144. The molecule has 4 rings (SSSR count). The van der Waals surface area contributed by atoms with E-state index in [1.165, 1.54) is 0 Å². The van der Waals surface area contributed by atoms with Gasteiger partial charge in [0.05, 0.1) is 12.3 Å². The normalized spacial score (nSPS) is 15.0. The molecule has 8 heteroatoms. The number of benzene rings is 3. The summed E-state index contributed by atoms with van der Waals surface area (Å²) in [6.45, 7) is 1.17. The van der Waals surface area contributed by atoms with Crippen molar-refractivity contribution in [3.05, 3.63) is 106 Å². The maximum absolute atomic E-state index is 13.3. The maximum atomic E-state index is 13.3. The topological polar surface area (TPSA) is 137 Å². The monoisotopic (exact) mass is 498 g/mol. The second kappa shape index (κ2) is 11.5. The number of hydrogen-bond donors (Lipinski definition) is 4. The van der Waals surface area contributed by atoms with Crippen LogP contribution >= 0.6 is 0 Å². The molecule has 1 heterocycles. The molecule has 0 saturated carbocycles. The summed E-state index contributed by atoms with van der Waals surface area (Å²) in [6, 6.07) is 22.3. The number of nitrogens with zero attached hydrogens (tertiary/aromatic N) is 1. The number of carbonyl (C=O) groups excluding carboxylic acids is 2. The molecule has 3 aromatic carbocycles. The highest BCUT2D eigenvalue weighted by atomic mass is 16.4. The molecular weight excluding hydrogens is 468 g/mol. The highest BCUT2D eigenvalue weighted by Crippen LogP contribution is 2.26. The molecular formula is C29H30N4O4. The number of amidine groups is 1. The van der Waals surface area contributed by atoms with Gasteiger partial charge >= 0.3 is 5.97 Å². The van der Waals surface area contributed by atoms with Gasteiger partial charge in [-0.3, -0.25) is 19.8 Å². The van der Waals surface area contributed by atoms with Crippen molar-refractivity contribution in [2.75, 3.05) is 6.54 Å². The number of nitrogen functional groups attached to an aromatic ring is 1. The molecule has 37 heavy (non-hydrogen) atoms. The molecule has 1 aliphatic heterocycles. The molecule has 0 aliphatic carbocycles. The molecule has 190 valence electrons. The average molecular weight is 499 g/mol. The van der Waals surface area contributed by atoms with Crippen LogP contribution < -0.4 is 11.1 Å². The van der Waals surface area contributed by atoms with Gasteiger partial charge in [0.15, 0.2) is 0 Å². The van der Waals surface area contributed by atoms with Crippen molar-refractivity contribution in [2.24, 2.45) is 11.7 Å². The fourth-order valence-corrected chi connectivity index (χ4v) is 4.56. The Bertz CT molecular complexity index is 1310. The van der Waals surface area contributed by atoms with Crippen LogP contribution in [0.15, 0.2) is 72.8 Å². The molecule has 2 amide bonds.